The molecule has 0 aliphatic carbocycles. The molecular formula is C17H22N2O2. The van der Waals surface area contributed by atoms with Crippen LogP contribution in [0, 0.1) is 0 Å². The fraction of sp³-hybridized carbons (Fsp3) is 0.412. The molecule has 2 rings (SSSR count). The van der Waals surface area contributed by atoms with Crippen LogP contribution in [-0.2, 0) is 16.0 Å². The number of Topliss-reactive ketones (excluding diaryl/α,β-unsaturated/α-hetero) is 1. The van der Waals surface area contributed by atoms with Crippen molar-refractivity contribution in [1.29, 1.82) is 0 Å². The molecule has 0 fully saturated rings. The molecule has 21 heavy (non-hydrogen) atoms. The van der Waals surface area contributed by atoms with Gasteiger partial charge in [-0.2, -0.15) is 0 Å². The number of benzene rings is 1. The Morgan fingerprint density at radius 2 is 1.95 bits per heavy atom. The molecule has 0 bridgehead atoms. The quantitative estimate of drug-likeness (QED) is 0.857. The topological polar surface area (TPSA) is 62.0 Å². The summed E-state index contributed by atoms with van der Waals surface area (Å²) in [6.45, 7) is 5.82. The second-order valence-electron chi connectivity index (χ2n) is 5.60. The molecule has 1 amide bonds. The first-order valence-corrected chi connectivity index (χ1v) is 7.32. The van der Waals surface area contributed by atoms with E-state index >= 15 is 0 Å². The molecule has 112 valence electrons. The van der Waals surface area contributed by atoms with Crippen molar-refractivity contribution < 1.29 is 9.59 Å². The third kappa shape index (κ3) is 3.72. The number of aromatic amines is 1. The van der Waals surface area contributed by atoms with E-state index < -0.39 is 0 Å². The monoisotopic (exact) mass is 286 g/mol. The normalized spacial score (nSPS) is 12.3. The summed E-state index contributed by atoms with van der Waals surface area (Å²) < 4.78 is 0. The number of hydrogen-bond donors (Lipinski definition) is 2. The smallest absolute Gasteiger partial charge is 0.216 e. The van der Waals surface area contributed by atoms with Crippen molar-refractivity contribution in [3.05, 3.63) is 35.5 Å². The largest absolute Gasteiger partial charge is 0.358 e. The van der Waals surface area contributed by atoms with Crippen LogP contribution >= 0.6 is 0 Å². The van der Waals surface area contributed by atoms with Gasteiger partial charge in [0, 0.05) is 42.4 Å². The Morgan fingerprint density at radius 3 is 2.62 bits per heavy atom. The first kappa shape index (κ1) is 15.3. The molecule has 1 aromatic heterocycles. The fourth-order valence-electron chi connectivity index (χ4n) is 2.81. The number of carbonyl (C=O) groups is 2. The Hall–Kier alpha value is -2.10. The lowest BCUT2D eigenvalue weighted by Crippen LogP contribution is -2.22. The summed E-state index contributed by atoms with van der Waals surface area (Å²) in [5.74, 6) is 0.323. The van der Waals surface area contributed by atoms with Crippen LogP contribution in [0.5, 0.6) is 0 Å². The van der Waals surface area contributed by atoms with Gasteiger partial charge < -0.3 is 15.1 Å². The van der Waals surface area contributed by atoms with E-state index in [4.69, 9.17) is 0 Å². The number of rotatable bonds is 6. The number of hydrogen-bond acceptors (Lipinski definition) is 2. The minimum atomic E-state index is -0.0202. The minimum absolute atomic E-state index is 0.0202. The number of para-hydroxylation sites is 1. The molecule has 4 nitrogen and oxygen atoms in total. The summed E-state index contributed by atoms with van der Waals surface area (Å²) in [7, 11) is 0. The Balaban J connectivity index is 2.33. The van der Waals surface area contributed by atoms with Gasteiger partial charge in [-0.25, -0.2) is 0 Å². The van der Waals surface area contributed by atoms with Crippen LogP contribution in [0.15, 0.2) is 24.3 Å². The van der Waals surface area contributed by atoms with Gasteiger partial charge >= 0.3 is 0 Å². The Labute approximate surface area is 124 Å². The van der Waals surface area contributed by atoms with E-state index in [1.54, 1.807) is 6.92 Å². The maximum absolute atomic E-state index is 11.4. The summed E-state index contributed by atoms with van der Waals surface area (Å²) in [5.41, 5.74) is 3.39. The number of nitrogens with one attached hydrogen (secondary N) is 2. The van der Waals surface area contributed by atoms with Gasteiger partial charge in [-0.15, -0.1) is 0 Å². The summed E-state index contributed by atoms with van der Waals surface area (Å²) >= 11 is 0. The molecule has 4 heteroatoms. The highest BCUT2D eigenvalue weighted by Crippen LogP contribution is 2.29. The average molecular weight is 286 g/mol. The van der Waals surface area contributed by atoms with Gasteiger partial charge in [-0.1, -0.05) is 25.1 Å². The van der Waals surface area contributed by atoms with E-state index in [9.17, 15) is 9.59 Å². The summed E-state index contributed by atoms with van der Waals surface area (Å²) in [5, 5.41) is 4.01. The number of ketones is 1. The highest BCUT2D eigenvalue weighted by Gasteiger charge is 2.17. The van der Waals surface area contributed by atoms with Gasteiger partial charge in [-0.05, 0) is 25.0 Å². The van der Waals surface area contributed by atoms with E-state index in [-0.39, 0.29) is 17.6 Å². The van der Waals surface area contributed by atoms with Crippen LogP contribution in [0.25, 0.3) is 10.9 Å². The number of H-pyrrole nitrogens is 1. The lowest BCUT2D eigenvalue weighted by atomic mass is 9.95. The SMILES string of the molecule is CC(=O)CC(C)c1[nH]c2ccccc2c1CCNC(C)=O. The van der Waals surface area contributed by atoms with E-state index in [2.05, 4.69) is 23.3 Å². The zero-order valence-electron chi connectivity index (χ0n) is 12.8. The Bertz CT molecular complexity index is 658. The first-order chi connectivity index (χ1) is 9.99. The predicted octanol–water partition coefficient (Wildman–Crippen LogP) is 2.93. The lowest BCUT2D eigenvalue weighted by Gasteiger charge is -2.11. The molecule has 2 N–H and O–H groups in total. The minimum Gasteiger partial charge on any atom is -0.358 e. The molecule has 0 aliphatic heterocycles. The van der Waals surface area contributed by atoms with Crippen molar-refractivity contribution in [3.63, 3.8) is 0 Å². The molecule has 0 aliphatic rings. The summed E-state index contributed by atoms with van der Waals surface area (Å²) in [6.07, 6.45) is 1.29. The van der Waals surface area contributed by atoms with E-state index in [0.29, 0.717) is 13.0 Å². The predicted molar refractivity (Wildman–Crippen MR) is 84.4 cm³/mol. The van der Waals surface area contributed by atoms with Gasteiger partial charge in [0.2, 0.25) is 5.91 Å². The maximum atomic E-state index is 11.4. The van der Waals surface area contributed by atoms with Crippen LogP contribution in [-0.4, -0.2) is 23.2 Å². The molecule has 0 spiro atoms. The van der Waals surface area contributed by atoms with Gasteiger partial charge in [0.15, 0.2) is 0 Å². The van der Waals surface area contributed by atoms with Crippen LogP contribution < -0.4 is 5.32 Å². The van der Waals surface area contributed by atoms with Crippen molar-refractivity contribution in [2.24, 2.45) is 0 Å². The zero-order chi connectivity index (χ0) is 15.4. The van der Waals surface area contributed by atoms with Gasteiger partial charge in [0.1, 0.15) is 5.78 Å². The molecule has 1 heterocycles. The number of aromatic nitrogens is 1. The van der Waals surface area contributed by atoms with Gasteiger partial charge in [0.05, 0.1) is 0 Å². The zero-order valence-corrected chi connectivity index (χ0v) is 12.8. The summed E-state index contributed by atoms with van der Waals surface area (Å²) in [4.78, 5) is 25.9. The van der Waals surface area contributed by atoms with E-state index in [1.807, 2.05) is 18.2 Å². The molecule has 0 saturated heterocycles. The lowest BCUT2D eigenvalue weighted by molar-refractivity contribution is -0.119. The Kier molecular flexibility index (Phi) is 4.78. The van der Waals surface area contributed by atoms with E-state index in [0.717, 1.165) is 17.6 Å². The number of fused-ring (bicyclic) bond motifs is 1. The van der Waals surface area contributed by atoms with Gasteiger partial charge in [0.25, 0.3) is 0 Å². The third-order valence-electron chi connectivity index (χ3n) is 3.68. The number of amides is 1. The Morgan fingerprint density at radius 1 is 1.24 bits per heavy atom. The van der Waals surface area contributed by atoms with E-state index in [1.165, 1.54) is 17.9 Å². The highest BCUT2D eigenvalue weighted by molar-refractivity contribution is 5.85. The third-order valence-corrected chi connectivity index (χ3v) is 3.68. The van der Waals surface area contributed by atoms with Crippen LogP contribution in [0.4, 0.5) is 0 Å². The molecule has 1 atom stereocenters. The fourth-order valence-corrected chi connectivity index (χ4v) is 2.81. The number of carbonyl (C=O) groups excluding carboxylic acids is 2. The average Bonchev–Trinajstić information content (AvgIpc) is 2.77. The van der Waals surface area contributed by atoms with Crippen molar-refractivity contribution in [2.45, 2.75) is 39.5 Å². The van der Waals surface area contributed by atoms with Crippen LogP contribution in [0.1, 0.15) is 44.4 Å². The molecule has 1 aromatic carbocycles. The molecule has 0 saturated carbocycles. The molecule has 0 radical (unpaired) electrons. The first-order valence-electron chi connectivity index (χ1n) is 7.32. The molecule has 2 aromatic rings. The molecular weight excluding hydrogens is 264 g/mol. The standard InChI is InChI=1S/C17H22N2O2/c1-11(10-12(2)20)17-15(8-9-18-13(3)21)14-6-4-5-7-16(14)19-17/h4-7,11,19H,8-10H2,1-3H3,(H,18,21). The van der Waals surface area contributed by atoms with Crippen molar-refractivity contribution in [3.8, 4) is 0 Å². The van der Waals surface area contributed by atoms with Crippen molar-refractivity contribution in [2.75, 3.05) is 6.54 Å². The van der Waals surface area contributed by atoms with Gasteiger partial charge in [-0.3, -0.25) is 4.79 Å². The van der Waals surface area contributed by atoms with Crippen molar-refractivity contribution in [1.82, 2.24) is 10.3 Å². The second kappa shape index (κ2) is 6.57. The second-order valence-corrected chi connectivity index (χ2v) is 5.60. The van der Waals surface area contributed by atoms with Crippen LogP contribution in [0.3, 0.4) is 0 Å². The van der Waals surface area contributed by atoms with Crippen molar-refractivity contribution >= 4 is 22.6 Å². The molecule has 1 unspecified atom stereocenters. The highest BCUT2D eigenvalue weighted by atomic mass is 16.1. The maximum Gasteiger partial charge on any atom is 0.216 e. The summed E-state index contributed by atoms with van der Waals surface area (Å²) in [6, 6.07) is 8.13. The van der Waals surface area contributed by atoms with Crippen LogP contribution in [0.2, 0.25) is 0 Å².